The second-order valence-corrected chi connectivity index (χ2v) is 3.98. The lowest BCUT2D eigenvalue weighted by atomic mass is 10.1. The fourth-order valence-corrected chi connectivity index (χ4v) is 1.63. The van der Waals surface area contributed by atoms with Gasteiger partial charge in [0.05, 0.1) is 23.3 Å². The van der Waals surface area contributed by atoms with E-state index in [9.17, 15) is 4.79 Å². The largest absolute Gasteiger partial charge is 0.287 e. The van der Waals surface area contributed by atoms with Gasteiger partial charge in [0.1, 0.15) is 0 Å². The second-order valence-electron chi connectivity index (χ2n) is 3.98. The summed E-state index contributed by atoms with van der Waals surface area (Å²) in [6.07, 6.45) is 3.39. The Morgan fingerprint density at radius 2 is 1.47 bits per heavy atom. The van der Waals surface area contributed by atoms with Gasteiger partial charge in [0.15, 0.2) is 12.4 Å². The molecule has 2 aromatic rings. The Kier molecular flexibility index (Phi) is 3.66. The van der Waals surface area contributed by atoms with Crippen LogP contribution in [0.1, 0.15) is 21.5 Å². The minimum absolute atomic E-state index is 0.0424. The zero-order chi connectivity index (χ0) is 13.7. The lowest BCUT2D eigenvalue weighted by Crippen LogP contribution is -2.37. The van der Waals surface area contributed by atoms with Crippen LogP contribution in [0.15, 0.2) is 48.8 Å². The predicted molar refractivity (Wildman–Crippen MR) is 66.8 cm³/mol. The normalized spacial score (nSPS) is 9.37. The van der Waals surface area contributed by atoms with Gasteiger partial charge >= 0.3 is 0 Å². The third kappa shape index (κ3) is 3.02. The molecule has 0 fully saturated rings. The molecule has 19 heavy (non-hydrogen) atoms. The van der Waals surface area contributed by atoms with Crippen LogP contribution in [-0.4, -0.2) is 5.78 Å². The van der Waals surface area contributed by atoms with Crippen molar-refractivity contribution in [1.29, 1.82) is 10.5 Å². The summed E-state index contributed by atoms with van der Waals surface area (Å²) in [6.45, 7) is 0.206. The first kappa shape index (κ1) is 12.5. The van der Waals surface area contributed by atoms with Crippen molar-refractivity contribution in [2.75, 3.05) is 0 Å². The van der Waals surface area contributed by atoms with Crippen molar-refractivity contribution in [2.45, 2.75) is 6.54 Å². The molecule has 0 atom stereocenters. The van der Waals surface area contributed by atoms with Gasteiger partial charge in [0.2, 0.25) is 12.3 Å². The van der Waals surface area contributed by atoms with Gasteiger partial charge in [-0.1, -0.05) is 0 Å². The maximum Gasteiger partial charge on any atom is 0.227 e. The van der Waals surface area contributed by atoms with Crippen LogP contribution in [0.3, 0.4) is 0 Å². The molecule has 1 heterocycles. The highest BCUT2D eigenvalue weighted by Gasteiger charge is 2.11. The van der Waals surface area contributed by atoms with Crippen molar-refractivity contribution in [3.63, 3.8) is 0 Å². The van der Waals surface area contributed by atoms with E-state index in [0.29, 0.717) is 16.7 Å². The lowest BCUT2D eigenvalue weighted by molar-refractivity contribution is -0.683. The zero-order valence-corrected chi connectivity index (χ0v) is 10.1. The first-order valence-electron chi connectivity index (χ1n) is 5.65. The van der Waals surface area contributed by atoms with Gasteiger partial charge in [0, 0.05) is 17.7 Å². The van der Waals surface area contributed by atoms with Crippen LogP contribution in [0.2, 0.25) is 0 Å². The Balaban J connectivity index is 2.11. The first-order valence-corrected chi connectivity index (χ1v) is 5.65. The Hall–Kier alpha value is -2.98. The van der Waals surface area contributed by atoms with Crippen LogP contribution in [0.5, 0.6) is 0 Å². The van der Waals surface area contributed by atoms with Gasteiger partial charge in [-0.3, -0.25) is 4.79 Å². The summed E-state index contributed by atoms with van der Waals surface area (Å²) in [4.78, 5) is 12.0. The molecule has 4 nitrogen and oxygen atoms in total. The standard InChI is InChI=1S/C15H10N3O/c16-9-12-1-3-14(4-2-12)15(19)11-18-7-5-13(10-17)6-8-18/h1-8H,11H2/q+1. The van der Waals surface area contributed by atoms with Crippen LogP contribution in [0, 0.1) is 22.7 Å². The van der Waals surface area contributed by atoms with E-state index in [1.165, 1.54) is 0 Å². The Bertz CT molecular complexity index is 673. The molecule has 0 unspecified atom stereocenters. The number of carbonyl (C=O) groups is 1. The highest BCUT2D eigenvalue weighted by Crippen LogP contribution is 2.04. The van der Waals surface area contributed by atoms with Crippen LogP contribution in [-0.2, 0) is 6.54 Å². The van der Waals surface area contributed by atoms with Crippen molar-refractivity contribution < 1.29 is 9.36 Å². The van der Waals surface area contributed by atoms with Crippen molar-refractivity contribution in [3.8, 4) is 12.1 Å². The molecule has 4 heteroatoms. The fraction of sp³-hybridized carbons (Fsp3) is 0.0667. The number of rotatable bonds is 3. The van der Waals surface area contributed by atoms with Gasteiger partial charge in [0.25, 0.3) is 0 Å². The Morgan fingerprint density at radius 1 is 0.947 bits per heavy atom. The Labute approximate surface area is 110 Å². The highest BCUT2D eigenvalue weighted by atomic mass is 16.1. The van der Waals surface area contributed by atoms with Gasteiger partial charge in [-0.05, 0) is 24.3 Å². The van der Waals surface area contributed by atoms with E-state index in [2.05, 4.69) is 0 Å². The Morgan fingerprint density at radius 3 is 2.00 bits per heavy atom. The van der Waals surface area contributed by atoms with Crippen molar-refractivity contribution in [2.24, 2.45) is 0 Å². The molecule has 0 amide bonds. The molecule has 1 aromatic carbocycles. The van der Waals surface area contributed by atoms with Crippen LogP contribution in [0.4, 0.5) is 0 Å². The van der Waals surface area contributed by atoms with Crippen LogP contribution in [0.25, 0.3) is 0 Å². The molecule has 0 saturated carbocycles. The lowest BCUT2D eigenvalue weighted by Gasteiger charge is -1.98. The zero-order valence-electron chi connectivity index (χ0n) is 10.1. The maximum atomic E-state index is 12.0. The smallest absolute Gasteiger partial charge is 0.227 e. The number of hydrogen-bond donors (Lipinski definition) is 0. The average molecular weight is 248 g/mol. The molecule has 0 aliphatic heterocycles. The van der Waals surface area contributed by atoms with E-state index in [-0.39, 0.29) is 12.3 Å². The molecule has 0 N–H and O–H groups in total. The van der Waals surface area contributed by atoms with E-state index >= 15 is 0 Å². The van der Waals surface area contributed by atoms with Gasteiger partial charge in [-0.2, -0.15) is 15.1 Å². The van der Waals surface area contributed by atoms with Crippen molar-refractivity contribution >= 4 is 5.78 Å². The molecular formula is C15H10N3O+. The minimum atomic E-state index is -0.0424. The van der Waals surface area contributed by atoms with E-state index in [1.807, 2.05) is 12.1 Å². The van der Waals surface area contributed by atoms with Gasteiger partial charge in [-0.25, -0.2) is 0 Å². The van der Waals surface area contributed by atoms with Gasteiger partial charge in [-0.15, -0.1) is 0 Å². The van der Waals surface area contributed by atoms with E-state index < -0.39 is 0 Å². The number of nitrogens with zero attached hydrogens (tertiary/aromatic N) is 3. The van der Waals surface area contributed by atoms with Crippen LogP contribution >= 0.6 is 0 Å². The summed E-state index contributed by atoms with van der Waals surface area (Å²) in [5.41, 5.74) is 1.65. The minimum Gasteiger partial charge on any atom is -0.287 e. The van der Waals surface area contributed by atoms with Crippen molar-refractivity contribution in [1.82, 2.24) is 0 Å². The third-order valence-electron chi connectivity index (χ3n) is 2.68. The fourth-order valence-electron chi connectivity index (χ4n) is 1.63. The molecule has 0 aliphatic rings. The molecule has 90 valence electrons. The summed E-state index contributed by atoms with van der Waals surface area (Å²) in [7, 11) is 0. The molecule has 0 spiro atoms. The number of Topliss-reactive ketones (excluding diaryl/α,β-unsaturated/α-hetero) is 1. The number of nitriles is 2. The number of pyridine rings is 1. The number of hydrogen-bond acceptors (Lipinski definition) is 3. The quantitative estimate of drug-likeness (QED) is 0.612. The number of ketones is 1. The first-order chi connectivity index (χ1) is 9.22. The summed E-state index contributed by atoms with van der Waals surface area (Å²) in [6, 6.07) is 13.9. The average Bonchev–Trinajstić information content (AvgIpc) is 2.48. The second kappa shape index (κ2) is 5.57. The van der Waals surface area contributed by atoms with Crippen LogP contribution < -0.4 is 4.57 Å². The summed E-state index contributed by atoms with van der Waals surface area (Å²) in [5.74, 6) is -0.0424. The maximum absolute atomic E-state index is 12.0. The van der Waals surface area contributed by atoms with E-state index in [0.717, 1.165) is 0 Å². The topological polar surface area (TPSA) is 68.5 Å². The molecule has 0 aliphatic carbocycles. The van der Waals surface area contributed by atoms with E-state index in [1.54, 1.807) is 53.4 Å². The molecule has 0 radical (unpaired) electrons. The highest BCUT2D eigenvalue weighted by molar-refractivity contribution is 5.95. The molecule has 1 aromatic heterocycles. The SMILES string of the molecule is N#Cc1ccc(C(=O)C[n+]2ccc(C#N)cc2)cc1. The molecule has 0 bridgehead atoms. The number of benzene rings is 1. The third-order valence-corrected chi connectivity index (χ3v) is 2.68. The number of aromatic nitrogens is 1. The summed E-state index contributed by atoms with van der Waals surface area (Å²) >= 11 is 0. The predicted octanol–water partition coefficient (Wildman–Crippen LogP) is 1.60. The molecule has 0 saturated heterocycles. The summed E-state index contributed by atoms with van der Waals surface area (Å²) in [5, 5.41) is 17.4. The van der Waals surface area contributed by atoms with E-state index in [4.69, 9.17) is 10.5 Å². The summed E-state index contributed by atoms with van der Waals surface area (Å²) < 4.78 is 1.71. The van der Waals surface area contributed by atoms with Gasteiger partial charge < -0.3 is 0 Å². The monoisotopic (exact) mass is 248 g/mol. The van der Waals surface area contributed by atoms with Crippen molar-refractivity contribution in [3.05, 3.63) is 65.5 Å². The number of carbonyl (C=O) groups excluding carboxylic acids is 1. The molecular weight excluding hydrogens is 238 g/mol. The molecule has 2 rings (SSSR count).